The number of para-hydroxylation sites is 5. The van der Waals surface area contributed by atoms with Crippen LogP contribution in [0.2, 0.25) is 0 Å². The minimum atomic E-state index is 0.714. The number of hydrogen-bond donors (Lipinski definition) is 0. The van der Waals surface area contributed by atoms with E-state index < -0.39 is 0 Å². The van der Waals surface area contributed by atoms with E-state index in [9.17, 15) is 0 Å². The van der Waals surface area contributed by atoms with Crippen LogP contribution in [0.25, 0.3) is 245 Å². The maximum atomic E-state index is 4.85. The van der Waals surface area contributed by atoms with Gasteiger partial charge in [0.05, 0.1) is 89.3 Å². The molecule has 0 aliphatic rings. The highest BCUT2D eigenvalue weighted by atomic mass is 32.1. The third-order valence-electron chi connectivity index (χ3n) is 25.3. The number of rotatable bonds is 8. The second-order valence-electron chi connectivity index (χ2n) is 32.7. The van der Waals surface area contributed by atoms with Crippen molar-refractivity contribution in [1.82, 2.24) is 62.9 Å². The Morgan fingerprint density at radius 2 is 0.580 bits per heavy atom. The standard InChI is InChI=1S/C34H22N4S.C32H19N3S.C26H15N3S.C22H13N3S/c1-3-10-24(11-4-1)33-35-36-34(25-12-5-2-6-13-25)38(33)27-15-9-14-26(22-27)37-29-17-8-7-16-28(29)31-30(37)19-18-23-20-21-39-32(23)31;1-2-9-27-26(8-1)29-28(13-12-21-14-16-36-32(21)29)35(27)25-7-3-5-22(18-25)24-17-23-11-10-20-6-4-15-33-30(20)31(23)34-19-24;1-2-6-21-20(5-1)23-22(10-9-17-11-13-30-26(17)23)29(21)19-14-18-8-7-16-4-3-12-27-24(16)25(18)28-15-19;1-3-7-17-15(5-1)13-23-22(24-17)25-18-8-4-2-6-16(18)20-19(25)10-9-14-11-12-26-21(14)20/h1-22H;1-19H;1-15H;1-13H. The lowest BCUT2D eigenvalue weighted by molar-refractivity contribution is 1.01. The number of fused-ring (bicyclic) bond motifs is 27. The molecule has 0 unspecified atom stereocenters. The molecule has 15 aromatic carbocycles. The second-order valence-corrected chi connectivity index (χ2v) is 36.3. The van der Waals surface area contributed by atoms with E-state index >= 15 is 0 Å². The number of aromatic nitrogens is 13. The molecule has 0 radical (unpaired) electrons. The highest BCUT2D eigenvalue weighted by molar-refractivity contribution is 7.19. The molecular formula is C114H69N13S4. The molecule has 0 aliphatic heterocycles. The van der Waals surface area contributed by atoms with Gasteiger partial charge < -0.3 is 13.7 Å². The first-order chi connectivity index (χ1) is 65.0. The van der Waals surface area contributed by atoms with Gasteiger partial charge >= 0.3 is 0 Å². The van der Waals surface area contributed by atoms with Crippen molar-refractivity contribution >= 4 is 227 Å². The van der Waals surface area contributed by atoms with E-state index in [1.54, 1.807) is 34.0 Å². The summed E-state index contributed by atoms with van der Waals surface area (Å²) in [5.41, 5.74) is 22.9. The van der Waals surface area contributed by atoms with Crippen LogP contribution in [0.4, 0.5) is 0 Å². The van der Waals surface area contributed by atoms with Crippen LogP contribution in [0.5, 0.6) is 0 Å². The smallest absolute Gasteiger partial charge is 0.235 e. The van der Waals surface area contributed by atoms with Gasteiger partial charge in [-0.2, -0.15) is 0 Å². The molecule has 0 saturated carbocycles. The summed E-state index contributed by atoms with van der Waals surface area (Å²) in [5, 5.41) is 39.0. The van der Waals surface area contributed by atoms with Gasteiger partial charge in [0, 0.05) is 142 Å². The van der Waals surface area contributed by atoms with E-state index in [0.29, 0.717) is 5.95 Å². The molecule has 0 amide bonds. The van der Waals surface area contributed by atoms with Crippen molar-refractivity contribution in [2.45, 2.75) is 0 Å². The van der Waals surface area contributed by atoms with Crippen LogP contribution >= 0.6 is 45.3 Å². The molecule has 17 heteroatoms. The Hall–Kier alpha value is -16.5. The predicted octanol–water partition coefficient (Wildman–Crippen LogP) is 30.7. The highest BCUT2D eigenvalue weighted by Crippen LogP contribution is 2.46. The zero-order valence-corrected chi connectivity index (χ0v) is 73.0. The quantitative estimate of drug-likeness (QED) is 0.138. The molecule has 0 saturated heterocycles. The summed E-state index contributed by atoms with van der Waals surface area (Å²) >= 11 is 7.22. The van der Waals surface area contributed by atoms with Crippen LogP contribution in [0, 0.1) is 0 Å². The van der Waals surface area contributed by atoms with Crippen molar-refractivity contribution < 1.29 is 0 Å². The van der Waals surface area contributed by atoms with Gasteiger partial charge in [0.1, 0.15) is 0 Å². The van der Waals surface area contributed by atoms with Gasteiger partial charge in [0.2, 0.25) is 5.95 Å². The molecule has 0 spiro atoms. The average molecular weight is 1750 g/mol. The van der Waals surface area contributed by atoms with Gasteiger partial charge in [0.25, 0.3) is 0 Å². The number of benzene rings is 15. The molecule has 0 aliphatic carbocycles. The zero-order chi connectivity index (χ0) is 86.1. The Bertz CT molecular complexity index is 9570. The summed E-state index contributed by atoms with van der Waals surface area (Å²) in [6.45, 7) is 0. The van der Waals surface area contributed by atoms with E-state index in [1.165, 1.54) is 117 Å². The Labute approximate surface area is 763 Å². The summed E-state index contributed by atoms with van der Waals surface area (Å²) in [5.74, 6) is 2.34. The first kappa shape index (κ1) is 75.8. The Morgan fingerprint density at radius 1 is 0.206 bits per heavy atom. The first-order valence-electron chi connectivity index (χ1n) is 43.4. The third kappa shape index (κ3) is 12.6. The molecule has 0 atom stereocenters. The Kier molecular flexibility index (Phi) is 18.0. The molecule has 14 heterocycles. The molecule has 131 heavy (non-hydrogen) atoms. The molecule has 13 nitrogen and oxygen atoms in total. The summed E-state index contributed by atoms with van der Waals surface area (Å²) in [4.78, 5) is 28.3. The predicted molar refractivity (Wildman–Crippen MR) is 550 cm³/mol. The summed E-state index contributed by atoms with van der Waals surface area (Å²) in [7, 11) is 0. The molecule has 14 aromatic heterocycles. The van der Waals surface area contributed by atoms with Crippen molar-refractivity contribution in [3.05, 3.63) is 416 Å². The molecule has 0 fully saturated rings. The summed E-state index contributed by atoms with van der Waals surface area (Å²) in [6.07, 6.45) is 9.51. The van der Waals surface area contributed by atoms with Crippen LogP contribution < -0.4 is 0 Å². The third-order valence-corrected chi connectivity index (χ3v) is 29.1. The number of hydrogen-bond acceptors (Lipinski definition) is 12. The van der Waals surface area contributed by atoms with E-state index in [1.807, 2.05) is 115 Å². The minimum absolute atomic E-state index is 0.714. The largest absolute Gasteiger partial charge is 0.309 e. The van der Waals surface area contributed by atoms with Crippen LogP contribution in [0.1, 0.15) is 0 Å². The van der Waals surface area contributed by atoms with Crippen LogP contribution in [-0.2, 0) is 0 Å². The maximum Gasteiger partial charge on any atom is 0.235 e. The maximum absolute atomic E-state index is 4.85. The fraction of sp³-hybridized carbons (Fsp3) is 0. The first-order valence-corrected chi connectivity index (χ1v) is 46.9. The number of thiophene rings is 4. The van der Waals surface area contributed by atoms with Gasteiger partial charge in [-0.25, -0.2) is 9.97 Å². The second kappa shape index (κ2) is 31.2. The monoisotopic (exact) mass is 1750 g/mol. The van der Waals surface area contributed by atoms with Crippen LogP contribution in [-0.4, -0.2) is 62.9 Å². The summed E-state index contributed by atoms with van der Waals surface area (Å²) in [6, 6.07) is 128. The lowest BCUT2D eigenvalue weighted by Gasteiger charge is -2.14. The fourth-order valence-electron chi connectivity index (χ4n) is 19.4. The number of nitrogens with zero attached hydrogens (tertiary/aromatic N) is 13. The molecule has 0 N–H and O–H groups in total. The van der Waals surface area contributed by atoms with Crippen molar-refractivity contribution in [2.24, 2.45) is 0 Å². The molecule has 614 valence electrons. The Morgan fingerprint density at radius 3 is 1.08 bits per heavy atom. The molecule has 29 rings (SSSR count). The van der Waals surface area contributed by atoms with Gasteiger partial charge in [0.15, 0.2) is 11.6 Å². The lowest BCUT2D eigenvalue weighted by atomic mass is 10.0. The normalized spacial score (nSPS) is 11.8. The zero-order valence-electron chi connectivity index (χ0n) is 69.8. The van der Waals surface area contributed by atoms with Crippen molar-refractivity contribution in [2.75, 3.05) is 0 Å². The van der Waals surface area contributed by atoms with Crippen molar-refractivity contribution in [3.8, 4) is 62.6 Å². The number of pyridine rings is 4. The van der Waals surface area contributed by atoms with E-state index in [-0.39, 0.29) is 0 Å². The molecule has 0 bridgehead atoms. The van der Waals surface area contributed by atoms with E-state index in [0.717, 1.165) is 122 Å². The minimum Gasteiger partial charge on any atom is -0.309 e. The SMILES string of the molecule is c1cc(-c2cnc3c(ccc4cccnc43)c2)cc(-n2c3ccccc3c3c4sccc4ccc32)c1.c1ccc(-c2nnc(-c3ccccc3)n2-c2cccc(-n3c4ccccc4c4c5sccc5ccc43)c2)cc1.c1ccc2nc(-n3c4ccccc4c4c5sccc5ccc43)ncc2c1.c1cnc2c(c1)ccc1cc(-n3c4ccccc4c4c5sccc5ccc43)cnc12. The van der Waals surface area contributed by atoms with Gasteiger partial charge in [-0.1, -0.05) is 231 Å². The lowest BCUT2D eigenvalue weighted by Crippen LogP contribution is -2.02. The summed E-state index contributed by atoms with van der Waals surface area (Å²) < 4.78 is 16.8. The van der Waals surface area contributed by atoms with Crippen molar-refractivity contribution in [1.29, 1.82) is 0 Å². The highest BCUT2D eigenvalue weighted by Gasteiger charge is 2.24. The van der Waals surface area contributed by atoms with Gasteiger partial charge in [-0.3, -0.25) is 29.1 Å². The van der Waals surface area contributed by atoms with E-state index in [4.69, 9.17) is 15.0 Å². The Balaban J connectivity index is 0.0000000927. The van der Waals surface area contributed by atoms with Crippen molar-refractivity contribution in [3.63, 3.8) is 0 Å². The van der Waals surface area contributed by atoms with Crippen LogP contribution in [0.3, 0.4) is 0 Å². The van der Waals surface area contributed by atoms with E-state index in [2.05, 4.69) is 361 Å². The van der Waals surface area contributed by atoms with Gasteiger partial charge in [-0.15, -0.1) is 55.5 Å². The van der Waals surface area contributed by atoms with Gasteiger partial charge in [-0.05, 0) is 182 Å². The topological polar surface area (TPSA) is 128 Å². The van der Waals surface area contributed by atoms with Crippen LogP contribution in [0.15, 0.2) is 416 Å². The average Bonchev–Trinajstić information content (AvgIpc) is 1.58. The molecular weight excluding hydrogens is 1680 g/mol. The fourth-order valence-corrected chi connectivity index (χ4v) is 23.3. The molecule has 29 aromatic rings.